The van der Waals surface area contributed by atoms with E-state index in [1.54, 1.807) is 17.2 Å². The van der Waals surface area contributed by atoms with Crippen LogP contribution in [0.3, 0.4) is 0 Å². The van der Waals surface area contributed by atoms with E-state index in [1.165, 1.54) is 6.20 Å². The number of hydrogen-bond donors (Lipinski definition) is 1. The topological polar surface area (TPSA) is 66.9 Å². The summed E-state index contributed by atoms with van der Waals surface area (Å²) in [6.45, 7) is 5.70. The maximum atomic E-state index is 14.0. The van der Waals surface area contributed by atoms with E-state index in [1.807, 2.05) is 36.9 Å². The molecule has 2 amide bonds. The maximum absolute atomic E-state index is 14.0. The molecule has 0 bridgehead atoms. The number of urea groups is 1. The van der Waals surface area contributed by atoms with Crippen molar-refractivity contribution < 1.29 is 18.7 Å². The molecule has 4 rings (SSSR count). The Hall–Kier alpha value is -3.03. The standard InChI is InChI=1S/C20H23FN4O3/c1-13-11-24(17-6-7-22-10-16(17)21)8-9-25(13)20(26)23-14(2)15-4-3-5-18-19(15)28-12-27-18/h3-7,10,13-14H,8-9,11-12H2,1-2H3,(H,23,26)/t13-,14-/m1/s1. The number of nitrogens with zero attached hydrogens (tertiary/aromatic N) is 3. The minimum absolute atomic E-state index is 0.0606. The number of rotatable bonds is 3. The van der Waals surface area contributed by atoms with E-state index < -0.39 is 0 Å². The zero-order valence-corrected chi connectivity index (χ0v) is 15.9. The summed E-state index contributed by atoms with van der Waals surface area (Å²) < 4.78 is 25.0. The number of carbonyl (C=O) groups is 1. The molecule has 0 aliphatic carbocycles. The molecule has 0 spiro atoms. The first-order chi connectivity index (χ1) is 13.5. The molecule has 0 unspecified atom stereocenters. The lowest BCUT2D eigenvalue weighted by Crippen LogP contribution is -2.57. The van der Waals surface area contributed by atoms with Crippen molar-refractivity contribution in [2.75, 3.05) is 31.3 Å². The Kier molecular flexibility index (Phi) is 4.93. The highest BCUT2D eigenvalue weighted by Crippen LogP contribution is 2.38. The van der Waals surface area contributed by atoms with Gasteiger partial charge in [-0.2, -0.15) is 0 Å². The van der Waals surface area contributed by atoms with Crippen molar-refractivity contribution in [3.05, 3.63) is 48.0 Å². The Bertz CT molecular complexity index is 878. The molecule has 1 fully saturated rings. The van der Waals surface area contributed by atoms with Crippen LogP contribution in [0.1, 0.15) is 25.5 Å². The Morgan fingerprint density at radius 3 is 2.96 bits per heavy atom. The first-order valence-electron chi connectivity index (χ1n) is 9.34. The van der Waals surface area contributed by atoms with Crippen molar-refractivity contribution in [1.82, 2.24) is 15.2 Å². The van der Waals surface area contributed by atoms with Crippen molar-refractivity contribution in [1.29, 1.82) is 0 Å². The Labute approximate surface area is 163 Å². The predicted octanol–water partition coefficient (Wildman–Crippen LogP) is 2.93. The number of carbonyl (C=O) groups excluding carboxylic acids is 1. The van der Waals surface area contributed by atoms with Gasteiger partial charge in [0.2, 0.25) is 6.79 Å². The zero-order valence-electron chi connectivity index (χ0n) is 15.9. The minimum Gasteiger partial charge on any atom is -0.454 e. The number of halogens is 1. The average molecular weight is 386 g/mol. The van der Waals surface area contributed by atoms with Gasteiger partial charge in [-0.3, -0.25) is 4.98 Å². The Morgan fingerprint density at radius 1 is 1.32 bits per heavy atom. The second-order valence-electron chi connectivity index (χ2n) is 7.07. The first-order valence-corrected chi connectivity index (χ1v) is 9.34. The fourth-order valence-electron chi connectivity index (χ4n) is 3.74. The van der Waals surface area contributed by atoms with E-state index in [-0.39, 0.29) is 30.7 Å². The third-order valence-corrected chi connectivity index (χ3v) is 5.21. The number of amides is 2. The van der Waals surface area contributed by atoms with E-state index in [0.717, 1.165) is 5.56 Å². The lowest BCUT2D eigenvalue weighted by molar-refractivity contribution is 0.167. The van der Waals surface area contributed by atoms with E-state index in [4.69, 9.17) is 9.47 Å². The lowest BCUT2D eigenvalue weighted by atomic mass is 10.1. The second kappa shape index (κ2) is 7.53. The molecule has 8 heteroatoms. The molecule has 3 heterocycles. The van der Waals surface area contributed by atoms with Crippen molar-refractivity contribution in [3.63, 3.8) is 0 Å². The molecular weight excluding hydrogens is 363 g/mol. The van der Waals surface area contributed by atoms with Gasteiger partial charge in [0.05, 0.1) is 17.9 Å². The molecule has 28 heavy (non-hydrogen) atoms. The van der Waals surface area contributed by atoms with Crippen LogP contribution in [0.15, 0.2) is 36.7 Å². The van der Waals surface area contributed by atoms with Gasteiger partial charge < -0.3 is 24.6 Å². The zero-order chi connectivity index (χ0) is 19.7. The van der Waals surface area contributed by atoms with Crippen LogP contribution in [0.2, 0.25) is 0 Å². The van der Waals surface area contributed by atoms with E-state index in [0.29, 0.717) is 36.8 Å². The van der Waals surface area contributed by atoms with Gasteiger partial charge in [-0.05, 0) is 26.0 Å². The largest absolute Gasteiger partial charge is 0.454 e. The van der Waals surface area contributed by atoms with Crippen LogP contribution in [-0.2, 0) is 0 Å². The van der Waals surface area contributed by atoms with Crippen LogP contribution in [0, 0.1) is 5.82 Å². The van der Waals surface area contributed by atoms with Crippen LogP contribution < -0.4 is 19.7 Å². The number of fused-ring (bicyclic) bond motifs is 1. The lowest BCUT2D eigenvalue weighted by Gasteiger charge is -2.41. The molecule has 7 nitrogen and oxygen atoms in total. The molecule has 1 aromatic carbocycles. The van der Waals surface area contributed by atoms with Crippen molar-refractivity contribution in [2.45, 2.75) is 25.9 Å². The summed E-state index contributed by atoms with van der Waals surface area (Å²) in [5, 5.41) is 3.04. The van der Waals surface area contributed by atoms with E-state index in [2.05, 4.69) is 10.3 Å². The molecule has 1 saturated heterocycles. The number of anilines is 1. The fraction of sp³-hybridized carbons (Fsp3) is 0.400. The molecule has 148 valence electrons. The second-order valence-corrected chi connectivity index (χ2v) is 7.07. The monoisotopic (exact) mass is 386 g/mol. The summed E-state index contributed by atoms with van der Waals surface area (Å²) in [5.41, 5.74) is 1.40. The molecule has 2 atom stereocenters. The summed E-state index contributed by atoms with van der Waals surface area (Å²) in [6, 6.07) is 6.88. The van der Waals surface area contributed by atoms with Crippen molar-refractivity contribution in [3.8, 4) is 11.5 Å². The van der Waals surface area contributed by atoms with Crippen LogP contribution in [0.5, 0.6) is 11.5 Å². The number of piperazine rings is 1. The summed E-state index contributed by atoms with van der Waals surface area (Å²) in [4.78, 5) is 20.4. The molecule has 0 saturated carbocycles. The number of nitrogens with one attached hydrogen (secondary N) is 1. The normalized spacial score (nSPS) is 19.5. The van der Waals surface area contributed by atoms with Crippen molar-refractivity contribution in [2.24, 2.45) is 0 Å². The summed E-state index contributed by atoms with van der Waals surface area (Å²) in [5.74, 6) is 1.03. The fourth-order valence-corrected chi connectivity index (χ4v) is 3.74. The number of ether oxygens (including phenoxy) is 2. The first kappa shape index (κ1) is 18.3. The van der Waals surface area contributed by atoms with E-state index in [9.17, 15) is 9.18 Å². The highest BCUT2D eigenvalue weighted by atomic mass is 19.1. The maximum Gasteiger partial charge on any atom is 0.318 e. The molecule has 2 aliphatic heterocycles. The number of hydrogen-bond acceptors (Lipinski definition) is 5. The van der Waals surface area contributed by atoms with Gasteiger partial charge in [0.25, 0.3) is 0 Å². The molecule has 1 aromatic heterocycles. The van der Waals surface area contributed by atoms with E-state index >= 15 is 0 Å². The molecular formula is C20H23FN4O3. The number of pyridine rings is 1. The molecule has 0 radical (unpaired) electrons. The smallest absolute Gasteiger partial charge is 0.318 e. The summed E-state index contributed by atoms with van der Waals surface area (Å²) in [7, 11) is 0. The number of benzene rings is 1. The van der Waals surface area contributed by atoms with Gasteiger partial charge in [-0.1, -0.05) is 12.1 Å². The van der Waals surface area contributed by atoms with Gasteiger partial charge in [-0.15, -0.1) is 0 Å². The SMILES string of the molecule is C[C@@H]1CN(c2ccncc2F)CCN1C(=O)N[C@H](C)c1cccc2c1OCO2. The average Bonchev–Trinajstić information content (AvgIpc) is 3.17. The van der Waals surface area contributed by atoms with Gasteiger partial charge in [0.15, 0.2) is 17.3 Å². The Balaban J connectivity index is 1.41. The third-order valence-electron chi connectivity index (χ3n) is 5.21. The van der Waals surface area contributed by atoms with Crippen LogP contribution in [-0.4, -0.2) is 48.4 Å². The van der Waals surface area contributed by atoms with Crippen LogP contribution >= 0.6 is 0 Å². The molecule has 2 aromatic rings. The van der Waals surface area contributed by atoms with Gasteiger partial charge in [0.1, 0.15) is 0 Å². The summed E-state index contributed by atoms with van der Waals surface area (Å²) >= 11 is 0. The predicted molar refractivity (Wildman–Crippen MR) is 102 cm³/mol. The number of para-hydroxylation sites is 1. The quantitative estimate of drug-likeness (QED) is 0.879. The van der Waals surface area contributed by atoms with Gasteiger partial charge in [-0.25, -0.2) is 9.18 Å². The van der Waals surface area contributed by atoms with Crippen LogP contribution in [0.25, 0.3) is 0 Å². The van der Waals surface area contributed by atoms with Crippen LogP contribution in [0.4, 0.5) is 14.9 Å². The minimum atomic E-state index is -0.346. The highest BCUT2D eigenvalue weighted by molar-refractivity contribution is 5.76. The van der Waals surface area contributed by atoms with Gasteiger partial charge >= 0.3 is 6.03 Å². The highest BCUT2D eigenvalue weighted by Gasteiger charge is 2.30. The third kappa shape index (κ3) is 3.42. The summed E-state index contributed by atoms with van der Waals surface area (Å²) in [6.07, 6.45) is 2.79. The molecule has 1 N–H and O–H groups in total. The Morgan fingerprint density at radius 2 is 2.18 bits per heavy atom. The van der Waals surface area contributed by atoms with Crippen molar-refractivity contribution >= 4 is 11.7 Å². The molecule has 2 aliphatic rings. The van der Waals surface area contributed by atoms with Gasteiger partial charge in [0, 0.05) is 37.4 Å². The number of aromatic nitrogens is 1.